The number of nitrogens with one attached hydrogen (secondary N) is 1. The van der Waals surface area contributed by atoms with Gasteiger partial charge in [-0.05, 0) is 56.6 Å². The van der Waals surface area contributed by atoms with Crippen LogP contribution in [-0.2, 0) is 9.53 Å². The number of carbonyl (C=O) groups excluding carboxylic acids is 1. The van der Waals surface area contributed by atoms with Crippen molar-refractivity contribution >= 4 is 5.91 Å². The largest absolute Gasteiger partial charge is 0.389 e. The summed E-state index contributed by atoms with van der Waals surface area (Å²) < 4.78 is 5.25. The summed E-state index contributed by atoms with van der Waals surface area (Å²) >= 11 is 0. The molecule has 2 aliphatic rings. The first-order valence-corrected chi connectivity index (χ1v) is 8.53. The highest BCUT2D eigenvalue weighted by Crippen LogP contribution is 2.44. The lowest BCUT2D eigenvalue weighted by molar-refractivity contribution is -0.121. The molecule has 1 aliphatic heterocycles. The van der Waals surface area contributed by atoms with E-state index in [1.54, 1.807) is 7.11 Å². The van der Waals surface area contributed by atoms with Gasteiger partial charge in [0.25, 0.3) is 0 Å². The average molecular weight is 317 g/mol. The van der Waals surface area contributed by atoms with Crippen molar-refractivity contribution in [2.24, 2.45) is 5.92 Å². The predicted molar refractivity (Wildman–Crippen MR) is 89.4 cm³/mol. The first-order chi connectivity index (χ1) is 11.0. The summed E-state index contributed by atoms with van der Waals surface area (Å²) in [5.74, 6) is 0.0553. The highest BCUT2D eigenvalue weighted by atomic mass is 16.5. The molecule has 0 bridgehead atoms. The Morgan fingerprint density at radius 3 is 2.65 bits per heavy atom. The van der Waals surface area contributed by atoms with Gasteiger partial charge in [-0.25, -0.2) is 0 Å². The molecule has 1 saturated heterocycles. The maximum absolute atomic E-state index is 12.6. The van der Waals surface area contributed by atoms with Crippen LogP contribution in [0.3, 0.4) is 0 Å². The van der Waals surface area contributed by atoms with E-state index in [1.807, 2.05) is 32.0 Å². The molecule has 126 valence electrons. The molecule has 0 radical (unpaired) electrons. The Bertz CT molecular complexity index is 590. The monoisotopic (exact) mass is 317 g/mol. The topological polar surface area (TPSA) is 58.6 Å². The van der Waals surface area contributed by atoms with E-state index in [0.717, 1.165) is 49.0 Å². The molecule has 1 saturated carbocycles. The average Bonchev–Trinajstić information content (AvgIpc) is 2.76. The lowest BCUT2D eigenvalue weighted by Gasteiger charge is -2.39. The Morgan fingerprint density at radius 1 is 1.30 bits per heavy atom. The van der Waals surface area contributed by atoms with Crippen LogP contribution >= 0.6 is 0 Å². The maximum Gasteiger partial charge on any atom is 0.230 e. The van der Waals surface area contributed by atoms with Crippen LogP contribution in [0, 0.1) is 19.8 Å². The fourth-order valence-electron chi connectivity index (χ4n) is 4.28. The Balaban J connectivity index is 1.83. The number of ether oxygens (including phenoxy) is 1. The number of benzene rings is 1. The van der Waals surface area contributed by atoms with E-state index in [1.165, 1.54) is 0 Å². The zero-order chi connectivity index (χ0) is 16.6. The maximum atomic E-state index is 12.6. The molecular weight excluding hydrogens is 290 g/mol. The van der Waals surface area contributed by atoms with Gasteiger partial charge in [0.15, 0.2) is 0 Å². The third-order valence-electron chi connectivity index (χ3n) is 5.71. The summed E-state index contributed by atoms with van der Waals surface area (Å²) in [4.78, 5) is 12.6. The second kappa shape index (κ2) is 6.25. The molecule has 2 fully saturated rings. The van der Waals surface area contributed by atoms with Crippen LogP contribution in [0.1, 0.15) is 48.3 Å². The summed E-state index contributed by atoms with van der Waals surface area (Å²) in [5, 5.41) is 14.2. The van der Waals surface area contributed by atoms with Crippen LogP contribution in [0.2, 0.25) is 0 Å². The number of hydrogen-bond donors (Lipinski definition) is 2. The van der Waals surface area contributed by atoms with Crippen LogP contribution in [0.15, 0.2) is 18.2 Å². The van der Waals surface area contributed by atoms with E-state index in [2.05, 4.69) is 5.32 Å². The van der Waals surface area contributed by atoms with Crippen molar-refractivity contribution in [1.29, 1.82) is 0 Å². The van der Waals surface area contributed by atoms with Crippen molar-refractivity contribution in [2.75, 3.05) is 13.7 Å². The van der Waals surface area contributed by atoms with Gasteiger partial charge < -0.3 is 15.2 Å². The summed E-state index contributed by atoms with van der Waals surface area (Å²) in [6.45, 7) is 4.80. The van der Waals surface area contributed by atoms with Crippen molar-refractivity contribution < 1.29 is 14.6 Å². The molecule has 0 aromatic heterocycles. The highest BCUT2D eigenvalue weighted by molar-refractivity contribution is 5.88. The quantitative estimate of drug-likeness (QED) is 0.900. The van der Waals surface area contributed by atoms with Gasteiger partial charge in [0.1, 0.15) is 0 Å². The summed E-state index contributed by atoms with van der Waals surface area (Å²) in [5.41, 5.74) is 2.70. The minimum Gasteiger partial charge on any atom is -0.389 e. The number of amides is 1. The second-order valence-corrected chi connectivity index (χ2v) is 7.33. The molecule has 1 spiro atoms. The van der Waals surface area contributed by atoms with E-state index >= 15 is 0 Å². The first kappa shape index (κ1) is 16.5. The Hall–Kier alpha value is -1.39. The molecule has 3 rings (SSSR count). The van der Waals surface area contributed by atoms with Gasteiger partial charge in [-0.3, -0.25) is 4.79 Å². The van der Waals surface area contributed by atoms with Crippen LogP contribution in [0.4, 0.5) is 0 Å². The van der Waals surface area contributed by atoms with Gasteiger partial charge in [-0.1, -0.05) is 23.8 Å². The summed E-state index contributed by atoms with van der Waals surface area (Å²) in [6.07, 6.45) is 2.99. The molecule has 23 heavy (non-hydrogen) atoms. The molecule has 1 aliphatic carbocycles. The summed E-state index contributed by atoms with van der Waals surface area (Å²) in [6, 6.07) is 6.12. The lowest BCUT2D eigenvalue weighted by Crippen LogP contribution is -2.51. The number of methoxy groups -OCH3 is 1. The Kier molecular flexibility index (Phi) is 4.47. The molecule has 1 amide bonds. The van der Waals surface area contributed by atoms with Crippen molar-refractivity contribution in [1.82, 2.24) is 5.32 Å². The number of aryl methyl sites for hydroxylation is 2. The van der Waals surface area contributed by atoms with Gasteiger partial charge in [-0.2, -0.15) is 0 Å². The minimum absolute atomic E-state index is 0.0311. The molecule has 1 aromatic rings. The zero-order valence-corrected chi connectivity index (χ0v) is 14.3. The molecule has 4 heteroatoms. The van der Waals surface area contributed by atoms with Crippen molar-refractivity contribution in [3.05, 3.63) is 34.9 Å². The zero-order valence-electron chi connectivity index (χ0n) is 14.3. The number of carbonyl (C=O) groups is 1. The van der Waals surface area contributed by atoms with Gasteiger partial charge >= 0.3 is 0 Å². The number of rotatable bonds is 3. The van der Waals surface area contributed by atoms with E-state index in [0.29, 0.717) is 5.92 Å². The number of aliphatic hydroxyl groups is 1. The van der Waals surface area contributed by atoms with E-state index in [-0.39, 0.29) is 5.91 Å². The standard InChI is InChI=1S/C19H27NO3/c1-12-4-5-13(2)15(10-12)16-17(21)19(20-18(16)22)8-6-14(7-9-19)11-23-3/h4-5,10,14,16-17,21H,6-9,11H2,1-3H3,(H,20,22)/t14?,16-,17?,19?/m1/s1. The molecule has 1 aromatic carbocycles. The summed E-state index contributed by atoms with van der Waals surface area (Å²) in [7, 11) is 1.73. The third-order valence-corrected chi connectivity index (χ3v) is 5.71. The van der Waals surface area contributed by atoms with E-state index in [9.17, 15) is 9.90 Å². The van der Waals surface area contributed by atoms with Gasteiger partial charge in [0, 0.05) is 13.7 Å². The van der Waals surface area contributed by atoms with Crippen LogP contribution in [-0.4, -0.2) is 36.4 Å². The minimum atomic E-state index is -0.654. The Labute approximate surface area is 138 Å². The Morgan fingerprint density at radius 2 is 2.00 bits per heavy atom. The van der Waals surface area contributed by atoms with E-state index < -0.39 is 17.6 Å². The molecule has 2 atom stereocenters. The SMILES string of the molecule is COCC1CCC2(CC1)NC(=O)[C@H](c1cc(C)ccc1C)C2O. The number of hydrogen-bond acceptors (Lipinski definition) is 3. The second-order valence-electron chi connectivity index (χ2n) is 7.33. The van der Waals surface area contributed by atoms with E-state index in [4.69, 9.17) is 4.74 Å². The number of aliphatic hydroxyl groups excluding tert-OH is 1. The third kappa shape index (κ3) is 2.90. The van der Waals surface area contributed by atoms with Crippen molar-refractivity contribution in [3.63, 3.8) is 0 Å². The van der Waals surface area contributed by atoms with Gasteiger partial charge in [0.05, 0.1) is 17.6 Å². The van der Waals surface area contributed by atoms with Gasteiger partial charge in [-0.15, -0.1) is 0 Å². The van der Waals surface area contributed by atoms with Crippen LogP contribution in [0.5, 0.6) is 0 Å². The lowest BCUT2D eigenvalue weighted by atomic mass is 9.72. The van der Waals surface area contributed by atoms with Gasteiger partial charge in [0.2, 0.25) is 5.91 Å². The predicted octanol–water partition coefficient (Wildman–Crippen LogP) is 2.45. The van der Waals surface area contributed by atoms with Crippen molar-refractivity contribution in [3.8, 4) is 0 Å². The molecule has 1 unspecified atom stereocenters. The first-order valence-electron chi connectivity index (χ1n) is 8.53. The normalized spacial score (nSPS) is 33.9. The van der Waals surface area contributed by atoms with Crippen molar-refractivity contribution in [2.45, 2.75) is 57.1 Å². The molecule has 1 heterocycles. The molecule has 2 N–H and O–H groups in total. The fraction of sp³-hybridized carbons (Fsp3) is 0.632. The smallest absolute Gasteiger partial charge is 0.230 e. The highest BCUT2D eigenvalue weighted by Gasteiger charge is 2.54. The van der Waals surface area contributed by atoms with Crippen LogP contribution in [0.25, 0.3) is 0 Å². The molecule has 4 nitrogen and oxygen atoms in total. The van der Waals surface area contributed by atoms with Crippen LogP contribution < -0.4 is 5.32 Å². The molecular formula is C19H27NO3. The fourth-order valence-corrected chi connectivity index (χ4v) is 4.28.